The molecular weight excluding hydrogens is 322 g/mol. The second-order valence-electron chi connectivity index (χ2n) is 5.36. The van der Waals surface area contributed by atoms with E-state index in [1.165, 1.54) is 6.20 Å². The van der Waals surface area contributed by atoms with Gasteiger partial charge in [-0.25, -0.2) is 0 Å². The monoisotopic (exact) mass is 335 g/mol. The quantitative estimate of drug-likeness (QED) is 0.526. The first kappa shape index (κ1) is 14.9. The van der Waals surface area contributed by atoms with Gasteiger partial charge in [0, 0.05) is 23.3 Å². The van der Waals surface area contributed by atoms with Crippen LogP contribution >= 0.6 is 0 Å². The zero-order valence-corrected chi connectivity index (χ0v) is 12.9. The van der Waals surface area contributed by atoms with Crippen LogP contribution in [0.25, 0.3) is 22.3 Å². The second-order valence-corrected chi connectivity index (χ2v) is 5.36. The molecule has 3 heterocycles. The van der Waals surface area contributed by atoms with Crippen LogP contribution in [-0.2, 0) is 6.54 Å². The predicted molar refractivity (Wildman–Crippen MR) is 89.8 cm³/mol. The van der Waals surface area contributed by atoms with Crippen molar-refractivity contribution in [2.75, 3.05) is 0 Å². The van der Waals surface area contributed by atoms with Crippen molar-refractivity contribution in [2.45, 2.75) is 6.54 Å². The summed E-state index contributed by atoms with van der Waals surface area (Å²) in [5.74, 6) is 0.138. The summed E-state index contributed by atoms with van der Waals surface area (Å²) in [6.07, 6.45) is 3.18. The molecule has 3 N–H and O–H groups in total. The van der Waals surface area contributed by atoms with Crippen molar-refractivity contribution in [2.24, 2.45) is 0 Å². The molecule has 1 amide bonds. The number of aromatic amines is 2. The van der Waals surface area contributed by atoms with Crippen LogP contribution in [0, 0.1) is 0 Å². The molecule has 0 bridgehead atoms. The maximum absolute atomic E-state index is 12.3. The van der Waals surface area contributed by atoms with E-state index >= 15 is 0 Å². The summed E-state index contributed by atoms with van der Waals surface area (Å²) in [5.41, 5.74) is 1.42. The van der Waals surface area contributed by atoms with Gasteiger partial charge in [0.2, 0.25) is 11.7 Å². The molecule has 0 unspecified atom stereocenters. The number of hydrogen-bond donors (Lipinski definition) is 3. The third-order valence-corrected chi connectivity index (χ3v) is 3.76. The Kier molecular flexibility index (Phi) is 3.62. The number of amides is 1. The number of rotatable bonds is 4. The molecule has 0 spiro atoms. The van der Waals surface area contributed by atoms with Crippen LogP contribution in [0.3, 0.4) is 0 Å². The molecule has 25 heavy (non-hydrogen) atoms. The third-order valence-electron chi connectivity index (χ3n) is 3.76. The van der Waals surface area contributed by atoms with Crippen molar-refractivity contribution in [3.05, 3.63) is 70.6 Å². The lowest BCUT2D eigenvalue weighted by Gasteiger charge is -2.00. The van der Waals surface area contributed by atoms with Crippen molar-refractivity contribution in [3.63, 3.8) is 0 Å². The summed E-state index contributed by atoms with van der Waals surface area (Å²) in [4.78, 5) is 33.8. The van der Waals surface area contributed by atoms with Crippen molar-refractivity contribution in [1.82, 2.24) is 25.4 Å². The molecule has 4 aromatic rings. The minimum absolute atomic E-state index is 0.0656. The van der Waals surface area contributed by atoms with Crippen LogP contribution in [0.2, 0.25) is 0 Å². The number of fused-ring (bicyclic) bond motifs is 1. The lowest BCUT2D eigenvalue weighted by Crippen LogP contribution is -2.22. The number of nitrogens with one attached hydrogen (secondary N) is 3. The zero-order valence-electron chi connectivity index (χ0n) is 12.9. The van der Waals surface area contributed by atoms with Crippen molar-refractivity contribution in [3.8, 4) is 11.4 Å². The van der Waals surface area contributed by atoms with Crippen LogP contribution in [0.1, 0.15) is 16.2 Å². The van der Waals surface area contributed by atoms with Gasteiger partial charge < -0.3 is 19.8 Å². The molecule has 0 aliphatic rings. The molecule has 0 radical (unpaired) electrons. The van der Waals surface area contributed by atoms with Crippen LogP contribution in [0.15, 0.2) is 58.1 Å². The van der Waals surface area contributed by atoms with E-state index < -0.39 is 0 Å². The van der Waals surface area contributed by atoms with Crippen molar-refractivity contribution < 1.29 is 9.32 Å². The highest BCUT2D eigenvalue weighted by molar-refractivity contribution is 6.06. The predicted octanol–water partition coefficient (Wildman–Crippen LogP) is 1.84. The summed E-state index contributed by atoms with van der Waals surface area (Å²) >= 11 is 0. The molecule has 3 aromatic heterocycles. The van der Waals surface area contributed by atoms with Crippen molar-refractivity contribution in [1.29, 1.82) is 0 Å². The topological polar surface area (TPSA) is 117 Å². The average Bonchev–Trinajstić information content (AvgIpc) is 3.27. The number of benzene rings is 1. The van der Waals surface area contributed by atoms with Gasteiger partial charge in [-0.1, -0.05) is 23.4 Å². The fourth-order valence-corrected chi connectivity index (χ4v) is 2.54. The van der Waals surface area contributed by atoms with Gasteiger partial charge in [0.15, 0.2) is 0 Å². The number of pyridine rings is 1. The first-order chi connectivity index (χ1) is 12.2. The highest BCUT2D eigenvalue weighted by Crippen LogP contribution is 2.17. The van der Waals surface area contributed by atoms with E-state index in [1.807, 2.05) is 24.3 Å². The second kappa shape index (κ2) is 6.08. The zero-order chi connectivity index (χ0) is 17.2. The van der Waals surface area contributed by atoms with Gasteiger partial charge in [0.05, 0.1) is 17.7 Å². The normalized spacial score (nSPS) is 10.9. The number of H-pyrrole nitrogens is 2. The molecule has 1 aromatic carbocycles. The summed E-state index contributed by atoms with van der Waals surface area (Å²) in [5, 5.41) is 7.34. The van der Waals surface area contributed by atoms with E-state index in [9.17, 15) is 9.59 Å². The lowest BCUT2D eigenvalue weighted by molar-refractivity contribution is 0.0948. The van der Waals surface area contributed by atoms with Crippen LogP contribution in [0.5, 0.6) is 0 Å². The fourth-order valence-electron chi connectivity index (χ4n) is 2.54. The van der Waals surface area contributed by atoms with Gasteiger partial charge in [-0.2, -0.15) is 4.98 Å². The van der Waals surface area contributed by atoms with Crippen LogP contribution in [0.4, 0.5) is 0 Å². The van der Waals surface area contributed by atoms with Gasteiger partial charge in [-0.3, -0.25) is 9.59 Å². The maximum Gasteiger partial charge on any atom is 0.259 e. The van der Waals surface area contributed by atoms with Crippen LogP contribution < -0.4 is 10.9 Å². The van der Waals surface area contributed by atoms with E-state index in [2.05, 4.69) is 25.4 Å². The highest BCUT2D eigenvalue weighted by atomic mass is 16.5. The number of para-hydroxylation sites is 1. The average molecular weight is 335 g/mol. The fraction of sp³-hybridized carbons (Fsp3) is 0.0588. The van der Waals surface area contributed by atoms with E-state index in [4.69, 9.17) is 4.52 Å². The van der Waals surface area contributed by atoms with E-state index in [0.717, 1.165) is 10.9 Å². The Balaban J connectivity index is 1.50. The largest absolute Gasteiger partial charge is 0.360 e. The number of nitrogens with zero attached hydrogens (tertiary/aromatic N) is 2. The molecule has 0 aliphatic heterocycles. The van der Waals surface area contributed by atoms with Gasteiger partial charge in [0.1, 0.15) is 0 Å². The number of aromatic nitrogens is 4. The van der Waals surface area contributed by atoms with Gasteiger partial charge in [-0.05, 0) is 18.2 Å². The Bertz CT molecular complexity index is 1110. The van der Waals surface area contributed by atoms with Crippen LogP contribution in [-0.4, -0.2) is 26.0 Å². The number of carbonyl (C=O) groups is 1. The van der Waals surface area contributed by atoms with Gasteiger partial charge in [-0.15, -0.1) is 0 Å². The summed E-state index contributed by atoms with van der Waals surface area (Å²) < 4.78 is 5.09. The summed E-state index contributed by atoms with van der Waals surface area (Å²) in [6, 6.07) is 10.8. The molecule has 0 atom stereocenters. The maximum atomic E-state index is 12.3. The summed E-state index contributed by atoms with van der Waals surface area (Å²) in [7, 11) is 0. The van der Waals surface area contributed by atoms with Gasteiger partial charge >= 0.3 is 0 Å². The minimum atomic E-state index is -0.308. The minimum Gasteiger partial charge on any atom is -0.360 e. The smallest absolute Gasteiger partial charge is 0.259 e. The Morgan fingerprint density at radius 1 is 1.16 bits per heavy atom. The molecule has 8 heteroatoms. The molecular formula is C17H13N5O3. The molecule has 124 valence electrons. The Morgan fingerprint density at radius 2 is 2.04 bits per heavy atom. The van der Waals surface area contributed by atoms with Gasteiger partial charge in [0.25, 0.3) is 11.5 Å². The number of hydrogen-bond acceptors (Lipinski definition) is 5. The lowest BCUT2D eigenvalue weighted by atomic mass is 10.1. The summed E-state index contributed by atoms with van der Waals surface area (Å²) in [6.45, 7) is 0.0656. The Labute approximate surface area is 140 Å². The molecule has 4 rings (SSSR count). The molecule has 0 fully saturated rings. The number of carbonyl (C=O) groups excluding carboxylic acids is 1. The highest BCUT2D eigenvalue weighted by Gasteiger charge is 2.15. The molecule has 8 nitrogen and oxygen atoms in total. The van der Waals surface area contributed by atoms with E-state index in [1.54, 1.807) is 18.3 Å². The SMILES string of the molecule is O=C(NCc1nc(-c2ccc[nH]c2=O)no1)c1c[nH]c2ccccc12. The Hall–Kier alpha value is -3.68. The first-order valence-electron chi connectivity index (χ1n) is 7.57. The third kappa shape index (κ3) is 2.80. The van der Waals surface area contributed by atoms with Crippen molar-refractivity contribution >= 4 is 16.8 Å². The van der Waals surface area contributed by atoms with E-state index in [-0.39, 0.29) is 29.7 Å². The Morgan fingerprint density at radius 3 is 2.92 bits per heavy atom. The molecule has 0 saturated heterocycles. The molecule has 0 saturated carbocycles. The van der Waals surface area contributed by atoms with E-state index in [0.29, 0.717) is 11.1 Å². The molecule has 0 aliphatic carbocycles. The standard InChI is InChI=1S/C17H13N5O3/c23-16-11(5-3-7-18-16)15-21-14(25-22-15)9-20-17(24)12-8-19-13-6-2-1-4-10(12)13/h1-8,19H,9H2,(H,18,23)(H,20,24). The first-order valence-corrected chi connectivity index (χ1v) is 7.57.